The highest BCUT2D eigenvalue weighted by atomic mass is 35.5. The van der Waals surface area contributed by atoms with Crippen molar-refractivity contribution in [3.8, 4) is 5.75 Å². The average molecular weight is 444 g/mol. The number of halogens is 1. The van der Waals surface area contributed by atoms with Gasteiger partial charge in [-0.1, -0.05) is 18.2 Å². The summed E-state index contributed by atoms with van der Waals surface area (Å²) in [6.45, 7) is 5.19. The predicted molar refractivity (Wildman–Crippen MR) is 125 cm³/mol. The van der Waals surface area contributed by atoms with Crippen molar-refractivity contribution < 1.29 is 14.3 Å². The molecule has 1 amide bonds. The van der Waals surface area contributed by atoms with E-state index in [1.54, 1.807) is 0 Å². The van der Waals surface area contributed by atoms with E-state index in [4.69, 9.17) is 9.47 Å². The summed E-state index contributed by atoms with van der Waals surface area (Å²) in [7, 11) is 0. The molecule has 166 valence electrons. The highest BCUT2D eigenvalue weighted by Gasteiger charge is 2.44. The fourth-order valence-electron chi connectivity index (χ4n) is 4.85. The second kappa shape index (κ2) is 9.47. The molecule has 6 nitrogen and oxygen atoms in total. The number of carbonyl (C=O) groups is 1. The molecule has 2 N–H and O–H groups in total. The van der Waals surface area contributed by atoms with Crippen molar-refractivity contribution in [3.63, 3.8) is 0 Å². The Labute approximate surface area is 189 Å². The van der Waals surface area contributed by atoms with Crippen LogP contribution in [-0.2, 0) is 9.53 Å². The van der Waals surface area contributed by atoms with E-state index in [0.29, 0.717) is 0 Å². The van der Waals surface area contributed by atoms with E-state index < -0.39 is 0 Å². The Hall–Kier alpha value is -2.28. The van der Waals surface area contributed by atoms with Crippen LogP contribution in [0.1, 0.15) is 30.7 Å². The van der Waals surface area contributed by atoms with Gasteiger partial charge in [0.15, 0.2) is 0 Å². The highest BCUT2D eigenvalue weighted by molar-refractivity contribution is 5.96. The topological polar surface area (TPSA) is 62.8 Å². The Kier molecular flexibility index (Phi) is 6.70. The fraction of sp³-hybridized carbons (Fsp3) is 0.458. The second-order valence-corrected chi connectivity index (χ2v) is 8.47. The number of rotatable bonds is 3. The maximum absolute atomic E-state index is 13.3. The van der Waals surface area contributed by atoms with Crippen molar-refractivity contribution >= 4 is 29.7 Å². The zero-order valence-electron chi connectivity index (χ0n) is 17.6. The largest absolute Gasteiger partial charge is 0.487 e. The molecule has 1 atom stereocenters. The van der Waals surface area contributed by atoms with Gasteiger partial charge in [0.1, 0.15) is 11.4 Å². The molecule has 31 heavy (non-hydrogen) atoms. The molecule has 0 radical (unpaired) electrons. The van der Waals surface area contributed by atoms with E-state index in [2.05, 4.69) is 27.7 Å². The average Bonchev–Trinajstić information content (AvgIpc) is 2.80. The van der Waals surface area contributed by atoms with Gasteiger partial charge in [0, 0.05) is 36.4 Å². The standard InChI is InChI=1S/C24H29N3O3.ClH/c28-23(26-18-5-7-19(8-6-18)27-13-15-29-16-14-27)21-17-24(9-11-25-12-10-24)30-22-4-2-1-3-20(21)22;/h1-8,21,25H,9-17H2,(H,26,28);1H. The molecular weight excluding hydrogens is 414 g/mol. The number of piperidine rings is 1. The fourth-order valence-corrected chi connectivity index (χ4v) is 4.85. The van der Waals surface area contributed by atoms with Crippen LogP contribution < -0.4 is 20.3 Å². The molecule has 3 heterocycles. The monoisotopic (exact) mass is 443 g/mol. The number of nitrogens with zero attached hydrogens (tertiary/aromatic N) is 1. The minimum atomic E-state index is -0.248. The Balaban J connectivity index is 0.00000231. The number of para-hydroxylation sites is 1. The van der Waals surface area contributed by atoms with Crippen LogP contribution in [0, 0.1) is 0 Å². The van der Waals surface area contributed by atoms with Crippen LogP contribution in [0.4, 0.5) is 11.4 Å². The third-order valence-electron chi connectivity index (χ3n) is 6.54. The molecule has 0 aromatic heterocycles. The molecule has 2 saturated heterocycles. The molecule has 3 aliphatic heterocycles. The third-order valence-corrected chi connectivity index (χ3v) is 6.54. The van der Waals surface area contributed by atoms with Crippen LogP contribution in [0.25, 0.3) is 0 Å². The summed E-state index contributed by atoms with van der Waals surface area (Å²) < 4.78 is 11.9. The van der Waals surface area contributed by atoms with Crippen molar-refractivity contribution in [1.29, 1.82) is 0 Å². The summed E-state index contributed by atoms with van der Waals surface area (Å²) in [4.78, 5) is 15.6. The maximum atomic E-state index is 13.3. The molecule has 5 rings (SSSR count). The molecule has 2 fully saturated rings. The predicted octanol–water partition coefficient (Wildman–Crippen LogP) is 3.57. The van der Waals surface area contributed by atoms with E-state index in [0.717, 1.165) is 75.7 Å². The minimum absolute atomic E-state index is 0. The van der Waals surface area contributed by atoms with Crippen LogP contribution in [0.3, 0.4) is 0 Å². The molecule has 7 heteroatoms. The number of fused-ring (bicyclic) bond motifs is 1. The quantitative estimate of drug-likeness (QED) is 0.759. The first-order valence-corrected chi connectivity index (χ1v) is 10.9. The number of amides is 1. The lowest BCUT2D eigenvalue weighted by Crippen LogP contribution is -2.50. The summed E-state index contributed by atoms with van der Waals surface area (Å²) in [5, 5.41) is 6.56. The number of hydrogen-bond acceptors (Lipinski definition) is 5. The Morgan fingerprint density at radius 1 is 1.03 bits per heavy atom. The lowest BCUT2D eigenvalue weighted by Gasteiger charge is -2.44. The molecule has 0 saturated carbocycles. The lowest BCUT2D eigenvalue weighted by atomic mass is 9.77. The molecule has 3 aliphatic rings. The van der Waals surface area contributed by atoms with Gasteiger partial charge in [0.05, 0.1) is 19.1 Å². The zero-order chi connectivity index (χ0) is 20.4. The summed E-state index contributed by atoms with van der Waals surface area (Å²) in [5.41, 5.74) is 2.74. The number of anilines is 2. The highest BCUT2D eigenvalue weighted by Crippen LogP contribution is 2.44. The normalized spacial score (nSPS) is 22.1. The number of morpholine rings is 1. The van der Waals surface area contributed by atoms with Gasteiger partial charge in [0.25, 0.3) is 0 Å². The summed E-state index contributed by atoms with van der Waals surface area (Å²) in [5.74, 6) is 0.697. The van der Waals surface area contributed by atoms with E-state index in [1.807, 2.05) is 36.4 Å². The summed E-state index contributed by atoms with van der Waals surface area (Å²) >= 11 is 0. The van der Waals surface area contributed by atoms with Gasteiger partial charge in [-0.25, -0.2) is 0 Å². The Morgan fingerprint density at radius 3 is 2.48 bits per heavy atom. The molecule has 1 spiro atoms. The lowest BCUT2D eigenvalue weighted by molar-refractivity contribution is -0.120. The van der Waals surface area contributed by atoms with Gasteiger partial charge in [-0.2, -0.15) is 0 Å². The Morgan fingerprint density at radius 2 is 1.74 bits per heavy atom. The van der Waals surface area contributed by atoms with E-state index >= 15 is 0 Å². The molecule has 0 bridgehead atoms. The van der Waals surface area contributed by atoms with Crippen LogP contribution >= 0.6 is 12.4 Å². The van der Waals surface area contributed by atoms with Crippen molar-refractivity contribution in [2.24, 2.45) is 0 Å². The van der Waals surface area contributed by atoms with E-state index in [9.17, 15) is 4.79 Å². The van der Waals surface area contributed by atoms with Gasteiger partial charge in [-0.15, -0.1) is 12.4 Å². The minimum Gasteiger partial charge on any atom is -0.487 e. The Bertz CT molecular complexity index is 893. The van der Waals surface area contributed by atoms with Gasteiger partial charge < -0.3 is 25.0 Å². The van der Waals surface area contributed by atoms with Crippen molar-refractivity contribution in [3.05, 3.63) is 54.1 Å². The molecular formula is C24H30ClN3O3. The number of carbonyl (C=O) groups excluding carboxylic acids is 1. The van der Waals surface area contributed by atoms with Crippen LogP contribution in [0.5, 0.6) is 5.75 Å². The van der Waals surface area contributed by atoms with Crippen molar-refractivity contribution in [2.75, 3.05) is 49.6 Å². The zero-order valence-corrected chi connectivity index (χ0v) is 18.5. The second-order valence-electron chi connectivity index (χ2n) is 8.47. The number of hydrogen-bond donors (Lipinski definition) is 2. The summed E-state index contributed by atoms with van der Waals surface area (Å²) in [6, 6.07) is 16.1. The van der Waals surface area contributed by atoms with Gasteiger partial charge in [-0.3, -0.25) is 4.79 Å². The number of benzene rings is 2. The van der Waals surface area contributed by atoms with Gasteiger partial charge in [-0.05, 0) is 56.3 Å². The summed E-state index contributed by atoms with van der Waals surface area (Å²) in [6.07, 6.45) is 2.59. The number of ether oxygens (including phenoxy) is 2. The molecule has 0 aliphatic carbocycles. The maximum Gasteiger partial charge on any atom is 0.232 e. The smallest absolute Gasteiger partial charge is 0.232 e. The van der Waals surface area contributed by atoms with Gasteiger partial charge >= 0.3 is 0 Å². The van der Waals surface area contributed by atoms with Crippen LogP contribution in [0.2, 0.25) is 0 Å². The molecule has 2 aromatic carbocycles. The third kappa shape index (κ3) is 4.66. The van der Waals surface area contributed by atoms with Crippen LogP contribution in [-0.4, -0.2) is 50.9 Å². The first-order chi connectivity index (χ1) is 14.7. The molecule has 2 aromatic rings. The van der Waals surface area contributed by atoms with Crippen molar-refractivity contribution in [2.45, 2.75) is 30.8 Å². The SMILES string of the molecule is Cl.O=C(Nc1ccc(N2CCOCC2)cc1)C1CC2(CCNCC2)Oc2ccccc21. The molecule has 1 unspecified atom stereocenters. The van der Waals surface area contributed by atoms with Gasteiger partial charge in [0.2, 0.25) is 5.91 Å². The van der Waals surface area contributed by atoms with Crippen LogP contribution in [0.15, 0.2) is 48.5 Å². The number of nitrogens with one attached hydrogen (secondary N) is 2. The first kappa shape index (κ1) is 21.9. The van der Waals surface area contributed by atoms with E-state index in [1.165, 1.54) is 5.69 Å². The van der Waals surface area contributed by atoms with Crippen molar-refractivity contribution in [1.82, 2.24) is 5.32 Å². The first-order valence-electron chi connectivity index (χ1n) is 10.9. The van der Waals surface area contributed by atoms with E-state index in [-0.39, 0.29) is 29.8 Å².